The van der Waals surface area contributed by atoms with Crippen molar-refractivity contribution >= 4 is 0 Å². The van der Waals surface area contributed by atoms with Gasteiger partial charge in [-0.25, -0.2) is 0 Å². The molecule has 0 saturated carbocycles. The maximum absolute atomic E-state index is 6.03. The van der Waals surface area contributed by atoms with Crippen LogP contribution in [0.2, 0.25) is 0 Å². The normalized spacial score (nSPS) is 19.6. The summed E-state index contributed by atoms with van der Waals surface area (Å²) in [4.78, 5) is 4.52. The van der Waals surface area contributed by atoms with Crippen molar-refractivity contribution in [3.8, 4) is 0 Å². The van der Waals surface area contributed by atoms with Gasteiger partial charge >= 0.3 is 0 Å². The number of benzene rings is 1. The number of fused-ring (bicyclic) bond motifs is 1. The molecule has 1 heterocycles. The SMILES string of the molecule is CCC[C@@H](N)c1nc(C2CCc3ccccc3C2)no1. The highest BCUT2D eigenvalue weighted by Gasteiger charge is 2.25. The van der Waals surface area contributed by atoms with Crippen LogP contribution < -0.4 is 5.73 Å². The molecule has 0 amide bonds. The van der Waals surface area contributed by atoms with Crippen LogP contribution in [-0.2, 0) is 12.8 Å². The predicted octanol–water partition coefficient (Wildman–Crippen LogP) is 3.14. The van der Waals surface area contributed by atoms with E-state index in [0.717, 1.165) is 37.9 Å². The molecule has 4 nitrogen and oxygen atoms in total. The second-order valence-corrected chi connectivity index (χ2v) is 5.59. The average molecular weight is 271 g/mol. The van der Waals surface area contributed by atoms with E-state index in [2.05, 4.69) is 41.3 Å². The Labute approximate surface area is 119 Å². The van der Waals surface area contributed by atoms with E-state index < -0.39 is 0 Å². The van der Waals surface area contributed by atoms with E-state index in [1.54, 1.807) is 0 Å². The largest absolute Gasteiger partial charge is 0.338 e. The molecule has 0 bridgehead atoms. The molecule has 1 aliphatic carbocycles. The van der Waals surface area contributed by atoms with Crippen molar-refractivity contribution in [3.05, 3.63) is 47.1 Å². The van der Waals surface area contributed by atoms with E-state index in [-0.39, 0.29) is 6.04 Å². The number of hydrogen-bond acceptors (Lipinski definition) is 4. The molecule has 2 N–H and O–H groups in total. The van der Waals surface area contributed by atoms with E-state index in [4.69, 9.17) is 10.3 Å². The summed E-state index contributed by atoms with van der Waals surface area (Å²) >= 11 is 0. The minimum atomic E-state index is -0.128. The van der Waals surface area contributed by atoms with Crippen LogP contribution in [0.1, 0.15) is 61.0 Å². The van der Waals surface area contributed by atoms with E-state index in [9.17, 15) is 0 Å². The molecule has 0 spiro atoms. The maximum Gasteiger partial charge on any atom is 0.243 e. The smallest absolute Gasteiger partial charge is 0.243 e. The van der Waals surface area contributed by atoms with Crippen molar-refractivity contribution in [1.82, 2.24) is 10.1 Å². The van der Waals surface area contributed by atoms with Gasteiger partial charge in [-0.05, 0) is 36.8 Å². The lowest BCUT2D eigenvalue weighted by Gasteiger charge is -2.21. The second-order valence-electron chi connectivity index (χ2n) is 5.59. The van der Waals surface area contributed by atoms with Gasteiger partial charge < -0.3 is 10.3 Å². The highest BCUT2D eigenvalue weighted by atomic mass is 16.5. The molecule has 0 aliphatic heterocycles. The van der Waals surface area contributed by atoms with Crippen LogP contribution in [-0.4, -0.2) is 10.1 Å². The fraction of sp³-hybridized carbons (Fsp3) is 0.500. The van der Waals surface area contributed by atoms with Crippen molar-refractivity contribution in [2.75, 3.05) is 0 Å². The number of aromatic nitrogens is 2. The van der Waals surface area contributed by atoms with Gasteiger partial charge in [-0.3, -0.25) is 0 Å². The summed E-state index contributed by atoms with van der Waals surface area (Å²) < 4.78 is 5.33. The van der Waals surface area contributed by atoms with Gasteiger partial charge in [0.15, 0.2) is 5.82 Å². The van der Waals surface area contributed by atoms with Crippen LogP contribution in [0, 0.1) is 0 Å². The quantitative estimate of drug-likeness (QED) is 0.927. The molecule has 2 aromatic rings. The Kier molecular flexibility index (Phi) is 3.83. The molecule has 20 heavy (non-hydrogen) atoms. The molecule has 0 radical (unpaired) electrons. The van der Waals surface area contributed by atoms with Gasteiger partial charge in [0.2, 0.25) is 5.89 Å². The van der Waals surface area contributed by atoms with Gasteiger partial charge in [-0.2, -0.15) is 4.98 Å². The van der Waals surface area contributed by atoms with Crippen molar-refractivity contribution in [3.63, 3.8) is 0 Å². The van der Waals surface area contributed by atoms with Crippen molar-refractivity contribution in [2.45, 2.75) is 51.0 Å². The molecule has 1 aliphatic rings. The molecule has 4 heteroatoms. The Balaban J connectivity index is 1.75. The summed E-state index contributed by atoms with van der Waals surface area (Å²) in [7, 11) is 0. The Morgan fingerprint density at radius 2 is 2.15 bits per heavy atom. The summed E-state index contributed by atoms with van der Waals surface area (Å²) in [5, 5.41) is 4.15. The molecule has 3 rings (SSSR count). The minimum Gasteiger partial charge on any atom is -0.338 e. The third-order valence-corrected chi connectivity index (χ3v) is 4.09. The summed E-state index contributed by atoms with van der Waals surface area (Å²) in [6.45, 7) is 2.11. The average Bonchev–Trinajstić information content (AvgIpc) is 2.97. The molecule has 2 atom stereocenters. The standard InChI is InChI=1S/C16H21N3O/c1-2-5-14(17)16-18-15(19-20-16)13-9-8-11-6-3-4-7-12(11)10-13/h3-4,6-7,13-14H,2,5,8-10,17H2,1H3/t13?,14-/m1/s1. The van der Waals surface area contributed by atoms with Gasteiger partial charge in [-0.15, -0.1) is 0 Å². The number of hydrogen-bond donors (Lipinski definition) is 1. The zero-order valence-electron chi connectivity index (χ0n) is 11.9. The van der Waals surface area contributed by atoms with E-state index >= 15 is 0 Å². The first kappa shape index (κ1) is 13.3. The maximum atomic E-state index is 6.03. The zero-order valence-corrected chi connectivity index (χ0v) is 11.9. The monoisotopic (exact) mass is 271 g/mol. The highest BCUT2D eigenvalue weighted by Crippen LogP contribution is 2.31. The molecule has 0 saturated heterocycles. The summed E-state index contributed by atoms with van der Waals surface area (Å²) in [6, 6.07) is 8.49. The van der Waals surface area contributed by atoms with Crippen LogP contribution in [0.15, 0.2) is 28.8 Å². The number of rotatable bonds is 4. The summed E-state index contributed by atoms with van der Waals surface area (Å²) in [6.07, 6.45) is 5.08. The molecular weight excluding hydrogens is 250 g/mol. The van der Waals surface area contributed by atoms with Crippen LogP contribution in [0.3, 0.4) is 0 Å². The van der Waals surface area contributed by atoms with E-state index in [0.29, 0.717) is 11.8 Å². The van der Waals surface area contributed by atoms with Crippen LogP contribution in [0.5, 0.6) is 0 Å². The van der Waals surface area contributed by atoms with Crippen LogP contribution in [0.25, 0.3) is 0 Å². The molecule has 1 aromatic heterocycles. The predicted molar refractivity (Wildman–Crippen MR) is 77.3 cm³/mol. The van der Waals surface area contributed by atoms with E-state index in [1.807, 2.05) is 0 Å². The van der Waals surface area contributed by atoms with Gasteiger partial charge in [0.1, 0.15) is 0 Å². The summed E-state index contributed by atoms with van der Waals surface area (Å²) in [5.74, 6) is 1.76. The Morgan fingerprint density at radius 3 is 2.95 bits per heavy atom. The Hall–Kier alpha value is -1.68. The lowest BCUT2D eigenvalue weighted by atomic mass is 9.83. The van der Waals surface area contributed by atoms with Crippen molar-refractivity contribution in [1.29, 1.82) is 0 Å². The molecule has 1 aromatic carbocycles. The molecule has 1 unspecified atom stereocenters. The molecule has 106 valence electrons. The first-order chi connectivity index (χ1) is 9.78. The lowest BCUT2D eigenvalue weighted by molar-refractivity contribution is 0.341. The topological polar surface area (TPSA) is 64.9 Å². The second kappa shape index (κ2) is 5.75. The number of aryl methyl sites for hydroxylation is 1. The number of nitrogens with two attached hydrogens (primary N) is 1. The first-order valence-corrected chi connectivity index (χ1v) is 7.43. The molecular formula is C16H21N3O. The van der Waals surface area contributed by atoms with Crippen LogP contribution >= 0.6 is 0 Å². The third kappa shape index (κ3) is 2.61. The summed E-state index contributed by atoms with van der Waals surface area (Å²) in [5.41, 5.74) is 8.89. The van der Waals surface area contributed by atoms with Gasteiger partial charge in [0.05, 0.1) is 6.04 Å². The van der Waals surface area contributed by atoms with Gasteiger partial charge in [0.25, 0.3) is 0 Å². The highest BCUT2D eigenvalue weighted by molar-refractivity contribution is 5.31. The Bertz CT molecular complexity index is 579. The minimum absolute atomic E-state index is 0.128. The van der Waals surface area contributed by atoms with Crippen molar-refractivity contribution < 1.29 is 4.52 Å². The molecule has 0 fully saturated rings. The van der Waals surface area contributed by atoms with E-state index in [1.165, 1.54) is 11.1 Å². The van der Waals surface area contributed by atoms with Crippen LogP contribution in [0.4, 0.5) is 0 Å². The number of nitrogens with zero attached hydrogens (tertiary/aromatic N) is 2. The third-order valence-electron chi connectivity index (χ3n) is 4.09. The fourth-order valence-electron chi connectivity index (χ4n) is 2.92. The Morgan fingerprint density at radius 1 is 1.35 bits per heavy atom. The fourth-order valence-corrected chi connectivity index (χ4v) is 2.92. The first-order valence-electron chi connectivity index (χ1n) is 7.43. The zero-order chi connectivity index (χ0) is 13.9. The van der Waals surface area contributed by atoms with Crippen molar-refractivity contribution in [2.24, 2.45) is 5.73 Å². The van der Waals surface area contributed by atoms with Gasteiger partial charge in [-0.1, -0.05) is 42.8 Å². The lowest BCUT2D eigenvalue weighted by Crippen LogP contribution is -2.14. The van der Waals surface area contributed by atoms with Gasteiger partial charge in [0, 0.05) is 5.92 Å².